The van der Waals surface area contributed by atoms with Crippen molar-refractivity contribution in [3.8, 4) is 11.5 Å². The van der Waals surface area contributed by atoms with Crippen LogP contribution in [0.25, 0.3) is 10.9 Å². The molecule has 274 valence electrons. The van der Waals surface area contributed by atoms with Gasteiger partial charge in [0.05, 0.1) is 63.0 Å². The highest BCUT2D eigenvalue weighted by Crippen LogP contribution is 2.37. The molecule has 3 aromatic carbocycles. The minimum Gasteiger partial charge on any atom is -0.497 e. The van der Waals surface area contributed by atoms with Crippen molar-refractivity contribution < 1.29 is 33.0 Å². The van der Waals surface area contributed by atoms with Crippen molar-refractivity contribution >= 4 is 40.3 Å². The third-order valence-corrected chi connectivity index (χ3v) is 9.67. The summed E-state index contributed by atoms with van der Waals surface area (Å²) < 4.78 is 31.1. The molecule has 4 aromatic rings. The number of methoxy groups -OCH3 is 3. The summed E-state index contributed by atoms with van der Waals surface area (Å²) >= 11 is 0. The molecule has 1 aromatic heterocycles. The van der Waals surface area contributed by atoms with E-state index in [1.165, 1.54) is 55.2 Å². The number of piperazine rings is 1. The molecule has 1 aliphatic carbocycles. The highest BCUT2D eigenvalue weighted by molar-refractivity contribution is 6.03. The molecular weight excluding hydrogens is 673 g/mol. The second kappa shape index (κ2) is 15.6. The van der Waals surface area contributed by atoms with Gasteiger partial charge in [-0.3, -0.25) is 14.5 Å². The Bertz CT molecular complexity index is 2000. The summed E-state index contributed by atoms with van der Waals surface area (Å²) in [6.07, 6.45) is 1.60. The Balaban J connectivity index is 1.36. The van der Waals surface area contributed by atoms with E-state index in [4.69, 9.17) is 19.2 Å². The normalized spacial score (nSPS) is 17.7. The molecule has 0 bridgehead atoms. The number of benzene rings is 3. The SMILES string of the molecule is COC(=O)NC1CCCC1C(=O)N1CCN(n2c(C(C)N(C(=O)Nc3ccc(F)cc3)c3ccc(OC)cc3OC)nc3ccccc3c2=O)CC1. The maximum absolute atomic E-state index is 14.4. The molecule has 2 heterocycles. The molecule has 6 rings (SSSR count). The lowest BCUT2D eigenvalue weighted by Gasteiger charge is -2.40. The number of fused-ring (bicyclic) bond motifs is 1. The van der Waals surface area contributed by atoms with Crippen LogP contribution in [0.1, 0.15) is 38.1 Å². The molecule has 2 fully saturated rings. The maximum Gasteiger partial charge on any atom is 0.407 e. The molecule has 15 heteroatoms. The first-order chi connectivity index (χ1) is 25.1. The molecule has 3 atom stereocenters. The van der Waals surface area contributed by atoms with Gasteiger partial charge in [-0.1, -0.05) is 18.6 Å². The summed E-state index contributed by atoms with van der Waals surface area (Å²) in [5.74, 6) is 0.241. The summed E-state index contributed by atoms with van der Waals surface area (Å²) in [6.45, 7) is 3.03. The Labute approximate surface area is 300 Å². The molecule has 3 unspecified atom stereocenters. The van der Waals surface area contributed by atoms with Crippen LogP contribution >= 0.6 is 0 Å². The number of para-hydroxylation sites is 1. The average Bonchev–Trinajstić information content (AvgIpc) is 3.63. The van der Waals surface area contributed by atoms with E-state index in [2.05, 4.69) is 10.6 Å². The highest BCUT2D eigenvalue weighted by atomic mass is 19.1. The number of nitrogens with zero attached hydrogens (tertiary/aromatic N) is 5. The Kier molecular flexibility index (Phi) is 10.8. The Morgan fingerprint density at radius 2 is 1.67 bits per heavy atom. The van der Waals surface area contributed by atoms with Crippen LogP contribution in [0.3, 0.4) is 0 Å². The predicted molar refractivity (Wildman–Crippen MR) is 193 cm³/mol. The van der Waals surface area contributed by atoms with Gasteiger partial charge in [-0.05, 0) is 68.3 Å². The lowest BCUT2D eigenvalue weighted by atomic mass is 10.0. The van der Waals surface area contributed by atoms with Crippen LogP contribution in [0.15, 0.2) is 71.5 Å². The minimum atomic E-state index is -0.872. The van der Waals surface area contributed by atoms with Crippen molar-refractivity contribution in [3.63, 3.8) is 0 Å². The Morgan fingerprint density at radius 3 is 2.37 bits per heavy atom. The summed E-state index contributed by atoms with van der Waals surface area (Å²) in [5, 5.41) is 7.88. The maximum atomic E-state index is 14.4. The van der Waals surface area contributed by atoms with Crippen LogP contribution in [-0.2, 0) is 9.53 Å². The van der Waals surface area contributed by atoms with Gasteiger partial charge >= 0.3 is 12.1 Å². The number of hydrogen-bond donors (Lipinski definition) is 2. The van der Waals surface area contributed by atoms with Gasteiger partial charge in [-0.25, -0.2) is 23.6 Å². The molecule has 14 nitrogen and oxygen atoms in total. The number of amides is 4. The van der Waals surface area contributed by atoms with E-state index in [9.17, 15) is 23.6 Å². The topological polar surface area (TPSA) is 148 Å². The molecule has 4 amide bonds. The largest absolute Gasteiger partial charge is 0.497 e. The lowest BCUT2D eigenvalue weighted by Crippen LogP contribution is -2.58. The highest BCUT2D eigenvalue weighted by Gasteiger charge is 2.38. The summed E-state index contributed by atoms with van der Waals surface area (Å²) in [4.78, 5) is 62.4. The monoisotopic (exact) mass is 715 g/mol. The molecular formula is C37H42FN7O7. The zero-order valence-corrected chi connectivity index (χ0v) is 29.5. The number of halogens is 1. The van der Waals surface area contributed by atoms with E-state index in [0.29, 0.717) is 72.8 Å². The Morgan fingerprint density at radius 1 is 0.942 bits per heavy atom. The van der Waals surface area contributed by atoms with E-state index in [1.807, 2.05) is 5.01 Å². The van der Waals surface area contributed by atoms with Crippen molar-refractivity contribution in [2.45, 2.75) is 38.3 Å². The van der Waals surface area contributed by atoms with Crippen LogP contribution in [0.5, 0.6) is 11.5 Å². The van der Waals surface area contributed by atoms with Crippen molar-refractivity contribution in [2.24, 2.45) is 5.92 Å². The first kappa shape index (κ1) is 35.9. The zero-order chi connectivity index (χ0) is 36.9. The summed E-state index contributed by atoms with van der Waals surface area (Å²) in [5.41, 5.74) is 0.842. The van der Waals surface area contributed by atoms with Gasteiger partial charge < -0.3 is 34.8 Å². The molecule has 0 spiro atoms. The van der Waals surface area contributed by atoms with Crippen LogP contribution in [0, 0.1) is 11.7 Å². The van der Waals surface area contributed by atoms with Gasteiger partial charge in [-0.2, -0.15) is 0 Å². The van der Waals surface area contributed by atoms with E-state index in [1.54, 1.807) is 54.3 Å². The van der Waals surface area contributed by atoms with E-state index < -0.39 is 24.0 Å². The first-order valence-corrected chi connectivity index (χ1v) is 17.1. The molecule has 2 aliphatic rings. The number of aromatic nitrogens is 2. The third-order valence-electron chi connectivity index (χ3n) is 9.67. The number of carbonyl (C=O) groups is 3. The fourth-order valence-corrected chi connectivity index (χ4v) is 6.98. The van der Waals surface area contributed by atoms with E-state index >= 15 is 0 Å². The van der Waals surface area contributed by atoms with Crippen molar-refractivity contribution in [2.75, 3.05) is 62.7 Å². The standard InChI is InChI=1S/C37H42FN7O7/c1-23(44(31-17-16-26(50-2)22-32(31)51-3)36(48)39-25-14-12-24(38)13-15-25)33-40-29-10-6-5-8-28(29)35(47)45(33)43-20-18-42(19-21-43)34(46)27-9-7-11-30(27)41-37(49)52-4/h5-6,8,10,12-17,22-23,27,30H,7,9,11,18-21H2,1-4H3,(H,39,48)(H,41,49). The van der Waals surface area contributed by atoms with Gasteiger partial charge in [0.1, 0.15) is 17.3 Å². The molecule has 1 saturated carbocycles. The Hall–Kier alpha value is -5.86. The second-order valence-corrected chi connectivity index (χ2v) is 12.7. The molecule has 1 saturated heterocycles. The fourth-order valence-electron chi connectivity index (χ4n) is 6.98. The van der Waals surface area contributed by atoms with E-state index in [-0.39, 0.29) is 29.3 Å². The zero-order valence-electron chi connectivity index (χ0n) is 29.5. The van der Waals surface area contributed by atoms with Crippen LogP contribution in [0.2, 0.25) is 0 Å². The molecule has 0 radical (unpaired) electrons. The molecule has 2 N–H and O–H groups in total. The smallest absolute Gasteiger partial charge is 0.407 e. The number of alkyl carbamates (subject to hydrolysis) is 1. The quantitative estimate of drug-likeness (QED) is 0.253. The number of hydrogen-bond acceptors (Lipinski definition) is 9. The predicted octanol–water partition coefficient (Wildman–Crippen LogP) is 4.66. The van der Waals surface area contributed by atoms with Gasteiger partial charge in [0.15, 0.2) is 5.82 Å². The van der Waals surface area contributed by atoms with Gasteiger partial charge in [0.25, 0.3) is 5.56 Å². The molecule has 1 aliphatic heterocycles. The van der Waals surface area contributed by atoms with Crippen LogP contribution < -0.4 is 35.6 Å². The average molecular weight is 716 g/mol. The van der Waals surface area contributed by atoms with Crippen LogP contribution in [0.4, 0.5) is 25.4 Å². The number of anilines is 2. The van der Waals surface area contributed by atoms with Crippen LogP contribution in [-0.4, -0.2) is 86.1 Å². The third kappa shape index (κ3) is 7.29. The lowest BCUT2D eigenvalue weighted by molar-refractivity contribution is -0.136. The number of rotatable bonds is 9. The number of ether oxygens (including phenoxy) is 3. The first-order valence-electron chi connectivity index (χ1n) is 17.1. The van der Waals surface area contributed by atoms with Gasteiger partial charge in [0, 0.05) is 30.9 Å². The van der Waals surface area contributed by atoms with Gasteiger partial charge in [0.2, 0.25) is 5.91 Å². The number of urea groups is 1. The van der Waals surface area contributed by atoms with Crippen molar-refractivity contribution in [1.82, 2.24) is 19.9 Å². The second-order valence-electron chi connectivity index (χ2n) is 12.7. The molecule has 52 heavy (non-hydrogen) atoms. The fraction of sp³-hybridized carbons (Fsp3) is 0.378. The summed E-state index contributed by atoms with van der Waals surface area (Å²) in [6, 6.07) is 15.6. The number of nitrogens with one attached hydrogen (secondary N) is 2. The van der Waals surface area contributed by atoms with E-state index in [0.717, 1.165) is 6.42 Å². The van der Waals surface area contributed by atoms with Crippen molar-refractivity contribution in [3.05, 3.63) is 88.7 Å². The minimum absolute atomic E-state index is 0.0497. The summed E-state index contributed by atoms with van der Waals surface area (Å²) in [7, 11) is 4.29. The van der Waals surface area contributed by atoms with Gasteiger partial charge in [-0.15, -0.1) is 0 Å². The van der Waals surface area contributed by atoms with Crippen molar-refractivity contribution in [1.29, 1.82) is 0 Å². The number of carbonyl (C=O) groups excluding carboxylic acids is 3.